The van der Waals surface area contributed by atoms with Crippen LogP contribution < -0.4 is 5.32 Å². The topological polar surface area (TPSA) is 49.4 Å². The molecule has 0 amide bonds. The Balaban J connectivity index is 2.54. The van der Waals surface area contributed by atoms with Gasteiger partial charge in [0.25, 0.3) is 0 Å². The van der Waals surface area contributed by atoms with Crippen molar-refractivity contribution in [3.8, 4) is 0 Å². The van der Waals surface area contributed by atoms with Crippen LogP contribution in [0.25, 0.3) is 0 Å². The fourth-order valence-electron chi connectivity index (χ4n) is 1.83. The summed E-state index contributed by atoms with van der Waals surface area (Å²) in [6, 6.07) is 2.71. The molecular weight excluding hydrogens is 292 g/mol. The predicted molar refractivity (Wildman–Crippen MR) is 87.1 cm³/mol. The lowest BCUT2D eigenvalue weighted by atomic mass is 10.2. The summed E-state index contributed by atoms with van der Waals surface area (Å²) in [6.45, 7) is 8.69. The van der Waals surface area contributed by atoms with Crippen molar-refractivity contribution in [2.24, 2.45) is 0 Å². The second-order valence-electron chi connectivity index (χ2n) is 5.70. The Bertz CT molecular complexity index is 521. The number of hydrogen-bond acceptors (Lipinski definition) is 5. The second kappa shape index (κ2) is 7.54. The molecule has 1 aromatic heterocycles. The zero-order valence-electron chi connectivity index (χ0n) is 13.1. The minimum atomic E-state index is -2.88. The maximum Gasteiger partial charge on any atom is 0.148 e. The summed E-state index contributed by atoms with van der Waals surface area (Å²) in [5.74, 6) is 0.217. The first-order valence-corrected chi connectivity index (χ1v) is 9.73. The van der Waals surface area contributed by atoms with Crippen molar-refractivity contribution < 1.29 is 8.42 Å². The van der Waals surface area contributed by atoms with Gasteiger partial charge in [-0.05, 0) is 25.6 Å². The summed E-state index contributed by atoms with van der Waals surface area (Å²) in [4.78, 5) is 4.72. The smallest absolute Gasteiger partial charge is 0.148 e. The number of hydrogen-bond donors (Lipinski definition) is 1. The Morgan fingerprint density at radius 3 is 2.60 bits per heavy atom. The molecule has 0 fully saturated rings. The van der Waals surface area contributed by atoms with Crippen LogP contribution in [-0.4, -0.2) is 45.0 Å². The van der Waals surface area contributed by atoms with Crippen molar-refractivity contribution in [3.63, 3.8) is 0 Å². The lowest BCUT2D eigenvalue weighted by molar-refractivity contribution is 0.346. The summed E-state index contributed by atoms with van der Waals surface area (Å²) in [7, 11) is -0.917. The Morgan fingerprint density at radius 2 is 2.05 bits per heavy atom. The number of nitrogens with one attached hydrogen (secondary N) is 1. The van der Waals surface area contributed by atoms with E-state index in [0.717, 1.165) is 13.1 Å². The molecule has 0 aliphatic carbocycles. The summed E-state index contributed by atoms with van der Waals surface area (Å²) < 4.78 is 22.4. The third-order valence-corrected chi connectivity index (χ3v) is 5.06. The van der Waals surface area contributed by atoms with Crippen LogP contribution in [0.3, 0.4) is 0 Å². The molecule has 0 radical (unpaired) electrons. The molecule has 0 atom stereocenters. The monoisotopic (exact) mass is 318 g/mol. The van der Waals surface area contributed by atoms with E-state index in [0.29, 0.717) is 12.6 Å². The number of rotatable bonds is 8. The molecule has 1 aromatic rings. The average Bonchev–Trinajstić information content (AvgIpc) is 2.64. The van der Waals surface area contributed by atoms with Gasteiger partial charge in [0.2, 0.25) is 0 Å². The first kappa shape index (κ1) is 17.6. The minimum absolute atomic E-state index is 0.217. The highest BCUT2D eigenvalue weighted by Gasteiger charge is 2.10. The number of nitrogens with zero attached hydrogens (tertiary/aromatic N) is 1. The molecule has 1 heterocycles. The van der Waals surface area contributed by atoms with Crippen molar-refractivity contribution in [1.29, 1.82) is 0 Å². The van der Waals surface area contributed by atoms with E-state index >= 15 is 0 Å². The maximum absolute atomic E-state index is 11.2. The van der Waals surface area contributed by atoms with Crippen LogP contribution >= 0.6 is 11.3 Å². The molecule has 0 aromatic carbocycles. The van der Waals surface area contributed by atoms with Crippen molar-refractivity contribution in [3.05, 3.63) is 21.4 Å². The van der Waals surface area contributed by atoms with Gasteiger partial charge >= 0.3 is 0 Å². The zero-order chi connectivity index (χ0) is 15.3. The van der Waals surface area contributed by atoms with E-state index < -0.39 is 9.84 Å². The van der Waals surface area contributed by atoms with E-state index in [2.05, 4.69) is 37.1 Å². The maximum atomic E-state index is 11.2. The molecule has 116 valence electrons. The minimum Gasteiger partial charge on any atom is -0.310 e. The van der Waals surface area contributed by atoms with Crippen LogP contribution in [-0.2, 0) is 22.9 Å². The van der Waals surface area contributed by atoms with Crippen molar-refractivity contribution >= 4 is 21.2 Å². The second-order valence-corrected chi connectivity index (χ2v) is 9.30. The lowest BCUT2D eigenvalue weighted by Gasteiger charge is -2.15. The van der Waals surface area contributed by atoms with Gasteiger partial charge in [-0.3, -0.25) is 0 Å². The molecule has 0 spiro atoms. The van der Waals surface area contributed by atoms with Gasteiger partial charge in [-0.1, -0.05) is 13.8 Å². The molecule has 4 nitrogen and oxygen atoms in total. The number of aryl methyl sites for hydroxylation is 1. The van der Waals surface area contributed by atoms with Crippen molar-refractivity contribution in [1.82, 2.24) is 10.2 Å². The molecule has 1 rings (SSSR count). The fraction of sp³-hybridized carbons (Fsp3) is 0.714. The molecule has 0 saturated carbocycles. The standard InChI is InChI=1S/C14H26N2O2S2/c1-11(2)15-9-14-8-13(12(3)19-14)10-16(4)6-7-20(5,17)18/h8,11,15H,6-7,9-10H2,1-5H3. The highest BCUT2D eigenvalue weighted by Crippen LogP contribution is 2.22. The molecule has 1 N–H and O–H groups in total. The van der Waals surface area contributed by atoms with Gasteiger partial charge in [0, 0.05) is 41.7 Å². The van der Waals surface area contributed by atoms with Crippen LogP contribution in [0.5, 0.6) is 0 Å². The third-order valence-electron chi connectivity index (χ3n) is 3.04. The molecule has 20 heavy (non-hydrogen) atoms. The summed E-state index contributed by atoms with van der Waals surface area (Å²) >= 11 is 1.81. The van der Waals surface area contributed by atoms with E-state index in [-0.39, 0.29) is 5.75 Å². The van der Waals surface area contributed by atoms with Gasteiger partial charge in [0.15, 0.2) is 0 Å². The highest BCUT2D eigenvalue weighted by molar-refractivity contribution is 7.90. The quantitative estimate of drug-likeness (QED) is 0.797. The first-order chi connectivity index (χ1) is 9.17. The van der Waals surface area contributed by atoms with Crippen LogP contribution in [0, 0.1) is 6.92 Å². The van der Waals surface area contributed by atoms with E-state index in [9.17, 15) is 8.42 Å². The molecule has 0 bridgehead atoms. The van der Waals surface area contributed by atoms with E-state index in [1.807, 2.05) is 18.4 Å². The molecule has 0 unspecified atom stereocenters. The van der Waals surface area contributed by atoms with E-state index in [1.54, 1.807) is 0 Å². The van der Waals surface area contributed by atoms with E-state index in [1.165, 1.54) is 21.6 Å². The third kappa shape index (κ3) is 6.83. The van der Waals surface area contributed by atoms with Crippen molar-refractivity contribution in [2.75, 3.05) is 25.6 Å². The van der Waals surface area contributed by atoms with Crippen molar-refractivity contribution in [2.45, 2.75) is 39.9 Å². The highest BCUT2D eigenvalue weighted by atomic mass is 32.2. The predicted octanol–water partition coefficient (Wildman–Crippen LogP) is 2.03. The van der Waals surface area contributed by atoms with Crippen LogP contribution in [0.2, 0.25) is 0 Å². The van der Waals surface area contributed by atoms with Gasteiger partial charge in [-0.25, -0.2) is 8.42 Å². The molecule has 0 saturated heterocycles. The average molecular weight is 319 g/mol. The summed E-state index contributed by atoms with van der Waals surface area (Å²) in [5.41, 5.74) is 1.30. The number of sulfone groups is 1. The van der Waals surface area contributed by atoms with Crippen LogP contribution in [0.1, 0.15) is 29.2 Å². The van der Waals surface area contributed by atoms with Gasteiger partial charge in [0.1, 0.15) is 9.84 Å². The molecule has 0 aliphatic rings. The Labute approximate surface area is 127 Å². The normalized spacial score (nSPS) is 12.6. The van der Waals surface area contributed by atoms with Gasteiger partial charge in [-0.2, -0.15) is 0 Å². The van der Waals surface area contributed by atoms with Crippen LogP contribution in [0.15, 0.2) is 6.07 Å². The van der Waals surface area contributed by atoms with E-state index in [4.69, 9.17) is 0 Å². The molecule has 0 aliphatic heterocycles. The number of thiophene rings is 1. The summed E-state index contributed by atoms with van der Waals surface area (Å²) in [5, 5.41) is 3.42. The van der Waals surface area contributed by atoms with Crippen LogP contribution in [0.4, 0.5) is 0 Å². The van der Waals surface area contributed by atoms with Gasteiger partial charge in [-0.15, -0.1) is 11.3 Å². The molecular formula is C14H26N2O2S2. The van der Waals surface area contributed by atoms with Gasteiger partial charge < -0.3 is 10.2 Å². The molecule has 6 heteroatoms. The summed E-state index contributed by atoms with van der Waals surface area (Å²) in [6.07, 6.45) is 1.28. The lowest BCUT2D eigenvalue weighted by Crippen LogP contribution is -2.25. The first-order valence-electron chi connectivity index (χ1n) is 6.85. The Kier molecular flexibility index (Phi) is 6.64. The largest absolute Gasteiger partial charge is 0.310 e. The fourth-order valence-corrected chi connectivity index (χ4v) is 3.48. The van der Waals surface area contributed by atoms with Gasteiger partial charge in [0.05, 0.1) is 5.75 Å². The zero-order valence-corrected chi connectivity index (χ0v) is 14.7. The Hall–Kier alpha value is -0.430. The Morgan fingerprint density at radius 1 is 1.40 bits per heavy atom. The SMILES string of the molecule is Cc1sc(CNC(C)C)cc1CN(C)CCS(C)(=O)=O.